The van der Waals surface area contributed by atoms with Crippen molar-refractivity contribution in [1.29, 1.82) is 0 Å². The first kappa shape index (κ1) is 13.4. The van der Waals surface area contributed by atoms with E-state index in [9.17, 15) is 0 Å². The van der Waals surface area contributed by atoms with Gasteiger partial charge in [-0.05, 0) is 35.2 Å². The van der Waals surface area contributed by atoms with Crippen LogP contribution < -0.4 is 0 Å². The van der Waals surface area contributed by atoms with Crippen molar-refractivity contribution in [2.45, 2.75) is 38.1 Å². The van der Waals surface area contributed by atoms with Gasteiger partial charge in [0.05, 0.1) is 12.7 Å². The molecule has 3 atom stereocenters. The molecule has 6 heteroatoms. The Kier molecular flexibility index (Phi) is 3.75. The Hall–Kier alpha value is -1.24. The molecule has 3 heterocycles. The second kappa shape index (κ2) is 5.87. The highest BCUT2D eigenvalue weighted by molar-refractivity contribution is 7.07. The first-order chi connectivity index (χ1) is 10.4. The van der Waals surface area contributed by atoms with Crippen molar-refractivity contribution < 1.29 is 4.74 Å². The molecule has 0 amide bonds. The summed E-state index contributed by atoms with van der Waals surface area (Å²) in [4.78, 5) is 2.61. The van der Waals surface area contributed by atoms with Crippen LogP contribution in [0.15, 0.2) is 29.5 Å². The average Bonchev–Trinajstić information content (AvgIpc) is 3.22. The Morgan fingerprint density at radius 2 is 2.19 bits per heavy atom. The van der Waals surface area contributed by atoms with Crippen LogP contribution in [0, 0.1) is 5.92 Å². The van der Waals surface area contributed by atoms with Crippen LogP contribution in [0.3, 0.4) is 0 Å². The summed E-state index contributed by atoms with van der Waals surface area (Å²) in [5, 5.41) is 12.2. The van der Waals surface area contributed by atoms with Gasteiger partial charge in [-0.25, -0.2) is 0 Å². The standard InChI is InChI=1S/C15H20N4OS/c1-2-14-15(13(1)8-18-10-16-17-11-18)20-5-4-19(14)7-12-3-6-21-9-12/h3,6,9-11,13-15H,1-2,4-5,7-8H2. The minimum Gasteiger partial charge on any atom is -0.375 e. The second-order valence-corrected chi connectivity index (χ2v) is 6.78. The number of fused-ring (bicyclic) bond motifs is 1. The molecule has 0 radical (unpaired) electrons. The van der Waals surface area contributed by atoms with Crippen LogP contribution in [-0.2, 0) is 17.8 Å². The number of morpholine rings is 1. The molecule has 0 spiro atoms. The lowest BCUT2D eigenvalue weighted by Gasteiger charge is -2.39. The molecule has 2 aliphatic rings. The van der Waals surface area contributed by atoms with Gasteiger partial charge in [0.1, 0.15) is 12.7 Å². The van der Waals surface area contributed by atoms with Crippen molar-refractivity contribution >= 4 is 11.3 Å². The fourth-order valence-electron chi connectivity index (χ4n) is 3.73. The SMILES string of the molecule is c1cc(CN2CCOC3C(Cn4cnnc4)CCC32)cs1. The van der Waals surface area contributed by atoms with Gasteiger partial charge in [0.15, 0.2) is 0 Å². The Morgan fingerprint density at radius 1 is 1.29 bits per heavy atom. The van der Waals surface area contributed by atoms with Gasteiger partial charge in [-0.15, -0.1) is 10.2 Å². The predicted octanol–water partition coefficient (Wildman–Crippen LogP) is 2.02. The molecule has 5 nitrogen and oxygen atoms in total. The monoisotopic (exact) mass is 304 g/mol. The molecular formula is C15H20N4OS. The summed E-state index contributed by atoms with van der Waals surface area (Å²) in [5.41, 5.74) is 1.43. The zero-order valence-corrected chi connectivity index (χ0v) is 12.8. The largest absolute Gasteiger partial charge is 0.375 e. The molecule has 1 saturated carbocycles. The fraction of sp³-hybridized carbons (Fsp3) is 0.600. The van der Waals surface area contributed by atoms with Crippen LogP contribution in [0.25, 0.3) is 0 Å². The summed E-state index contributed by atoms with van der Waals surface area (Å²) in [7, 11) is 0. The number of thiophene rings is 1. The van der Waals surface area contributed by atoms with E-state index in [4.69, 9.17) is 4.74 Å². The summed E-state index contributed by atoms with van der Waals surface area (Å²) in [5.74, 6) is 0.580. The van der Waals surface area contributed by atoms with Crippen LogP contribution in [0.5, 0.6) is 0 Å². The zero-order valence-electron chi connectivity index (χ0n) is 12.0. The third kappa shape index (κ3) is 2.75. The normalized spacial score (nSPS) is 29.6. The van der Waals surface area contributed by atoms with Gasteiger partial charge in [-0.2, -0.15) is 11.3 Å². The minimum absolute atomic E-state index is 0.361. The number of nitrogens with zero attached hydrogens (tertiary/aromatic N) is 4. The number of aromatic nitrogens is 3. The molecule has 0 N–H and O–H groups in total. The maximum absolute atomic E-state index is 6.12. The van der Waals surface area contributed by atoms with E-state index in [1.54, 1.807) is 24.0 Å². The quantitative estimate of drug-likeness (QED) is 0.867. The van der Waals surface area contributed by atoms with Gasteiger partial charge in [-0.3, -0.25) is 4.90 Å². The number of hydrogen-bond acceptors (Lipinski definition) is 5. The van der Waals surface area contributed by atoms with Crippen molar-refractivity contribution in [2.75, 3.05) is 13.2 Å². The van der Waals surface area contributed by atoms with Crippen LogP contribution in [-0.4, -0.2) is 45.0 Å². The van der Waals surface area contributed by atoms with E-state index in [1.807, 2.05) is 0 Å². The van der Waals surface area contributed by atoms with Gasteiger partial charge in [0.25, 0.3) is 0 Å². The van der Waals surface area contributed by atoms with Gasteiger partial charge in [0, 0.05) is 31.6 Å². The van der Waals surface area contributed by atoms with Crippen LogP contribution in [0.1, 0.15) is 18.4 Å². The van der Waals surface area contributed by atoms with E-state index in [0.29, 0.717) is 18.1 Å². The van der Waals surface area contributed by atoms with Crippen molar-refractivity contribution in [2.24, 2.45) is 5.92 Å². The van der Waals surface area contributed by atoms with Gasteiger partial charge >= 0.3 is 0 Å². The maximum atomic E-state index is 6.12. The summed E-state index contributed by atoms with van der Waals surface area (Å²) < 4.78 is 8.20. The van der Waals surface area contributed by atoms with Crippen LogP contribution in [0.4, 0.5) is 0 Å². The molecule has 0 bridgehead atoms. The molecule has 3 unspecified atom stereocenters. The van der Waals surface area contributed by atoms with E-state index in [-0.39, 0.29) is 0 Å². The van der Waals surface area contributed by atoms with Gasteiger partial charge in [-0.1, -0.05) is 0 Å². The van der Waals surface area contributed by atoms with E-state index in [0.717, 1.165) is 26.2 Å². The molecule has 1 aliphatic carbocycles. The predicted molar refractivity (Wildman–Crippen MR) is 81.0 cm³/mol. The Balaban J connectivity index is 1.44. The minimum atomic E-state index is 0.361. The van der Waals surface area contributed by atoms with E-state index < -0.39 is 0 Å². The van der Waals surface area contributed by atoms with Gasteiger partial charge < -0.3 is 9.30 Å². The van der Waals surface area contributed by atoms with Crippen molar-refractivity contribution in [1.82, 2.24) is 19.7 Å². The lowest BCUT2D eigenvalue weighted by Crippen LogP contribution is -2.50. The van der Waals surface area contributed by atoms with Crippen LogP contribution in [0.2, 0.25) is 0 Å². The van der Waals surface area contributed by atoms with E-state index >= 15 is 0 Å². The number of hydrogen-bond donors (Lipinski definition) is 0. The first-order valence-corrected chi connectivity index (χ1v) is 8.53. The summed E-state index contributed by atoms with van der Waals surface area (Å²) in [6.45, 7) is 3.94. The Bertz CT molecular complexity index is 556. The fourth-order valence-corrected chi connectivity index (χ4v) is 4.39. The first-order valence-electron chi connectivity index (χ1n) is 7.59. The van der Waals surface area contributed by atoms with Crippen molar-refractivity contribution in [3.8, 4) is 0 Å². The highest BCUT2D eigenvalue weighted by Crippen LogP contribution is 2.36. The maximum Gasteiger partial charge on any atom is 0.119 e. The number of ether oxygens (including phenoxy) is 1. The summed E-state index contributed by atoms with van der Waals surface area (Å²) in [6, 6.07) is 2.80. The highest BCUT2D eigenvalue weighted by atomic mass is 32.1. The molecule has 2 aromatic rings. The lowest BCUT2D eigenvalue weighted by molar-refractivity contribution is -0.0785. The van der Waals surface area contributed by atoms with E-state index in [1.165, 1.54) is 18.4 Å². The summed E-state index contributed by atoms with van der Waals surface area (Å²) in [6.07, 6.45) is 6.44. The van der Waals surface area contributed by atoms with E-state index in [2.05, 4.69) is 36.5 Å². The third-order valence-corrected chi connectivity index (χ3v) is 5.44. The molecule has 4 rings (SSSR count). The third-order valence-electron chi connectivity index (χ3n) is 4.71. The molecule has 2 fully saturated rings. The molecule has 112 valence electrons. The Labute approximate surface area is 128 Å². The highest BCUT2D eigenvalue weighted by Gasteiger charge is 2.42. The average molecular weight is 304 g/mol. The zero-order chi connectivity index (χ0) is 14.1. The molecular weight excluding hydrogens is 284 g/mol. The Morgan fingerprint density at radius 3 is 3.00 bits per heavy atom. The topological polar surface area (TPSA) is 43.2 Å². The van der Waals surface area contributed by atoms with Crippen molar-refractivity contribution in [3.63, 3.8) is 0 Å². The second-order valence-electron chi connectivity index (χ2n) is 6.00. The molecule has 1 saturated heterocycles. The number of rotatable bonds is 4. The molecule has 1 aliphatic heterocycles. The summed E-state index contributed by atoms with van der Waals surface area (Å²) >= 11 is 1.78. The molecule has 21 heavy (non-hydrogen) atoms. The lowest BCUT2D eigenvalue weighted by atomic mass is 10.0. The van der Waals surface area contributed by atoms with Crippen molar-refractivity contribution in [3.05, 3.63) is 35.0 Å². The van der Waals surface area contributed by atoms with Crippen LogP contribution >= 0.6 is 11.3 Å². The smallest absolute Gasteiger partial charge is 0.119 e. The van der Waals surface area contributed by atoms with Gasteiger partial charge in [0.2, 0.25) is 0 Å². The molecule has 2 aromatic heterocycles. The molecule has 0 aromatic carbocycles.